The van der Waals surface area contributed by atoms with Gasteiger partial charge in [-0.05, 0) is 81.3 Å². The van der Waals surface area contributed by atoms with E-state index in [4.69, 9.17) is 9.72 Å². The molecule has 0 aliphatic carbocycles. The average Bonchev–Trinajstić information content (AvgIpc) is 3.15. The van der Waals surface area contributed by atoms with Gasteiger partial charge >= 0.3 is 6.09 Å². The Balaban J connectivity index is 1.34. The van der Waals surface area contributed by atoms with Crippen molar-refractivity contribution >= 4 is 21.6 Å². The highest BCUT2D eigenvalue weighted by Crippen LogP contribution is 2.32. The first-order valence-electron chi connectivity index (χ1n) is 11.5. The molecule has 1 aromatic heterocycles. The van der Waals surface area contributed by atoms with E-state index in [2.05, 4.69) is 17.0 Å². The van der Waals surface area contributed by atoms with Crippen LogP contribution >= 0.6 is 0 Å². The fraction of sp³-hybridized carbons (Fsp3) is 0.520. The third-order valence-electron chi connectivity index (χ3n) is 6.29. The zero-order chi connectivity index (χ0) is 23.8. The van der Waals surface area contributed by atoms with Crippen LogP contribution in [0.3, 0.4) is 0 Å². The second kappa shape index (κ2) is 8.97. The van der Waals surface area contributed by atoms with Crippen LogP contribution in [0.25, 0.3) is 0 Å². The van der Waals surface area contributed by atoms with E-state index in [1.807, 2.05) is 33.0 Å². The first-order valence-corrected chi connectivity index (χ1v) is 13.4. The minimum atomic E-state index is -3.19. The first kappa shape index (κ1) is 23.5. The molecular formula is C25H33N3O4S. The van der Waals surface area contributed by atoms with Crippen LogP contribution < -0.4 is 4.90 Å². The number of hydrogen-bond donors (Lipinski definition) is 0. The molecular weight excluding hydrogens is 438 g/mol. The molecule has 7 nitrogen and oxygen atoms in total. The van der Waals surface area contributed by atoms with Gasteiger partial charge in [-0.1, -0.05) is 6.07 Å². The van der Waals surface area contributed by atoms with Crippen LogP contribution in [0.5, 0.6) is 0 Å². The number of rotatable bonds is 4. The maximum atomic E-state index is 12.3. The summed E-state index contributed by atoms with van der Waals surface area (Å²) in [6, 6.07) is 9.63. The SMILES string of the molecule is CC(C)(C)OC(=O)N1CCC(c2ccc(CN3CCc4cc(S(C)(=O)=O)ccc43)nc2)CC1. The molecule has 8 heteroatoms. The highest BCUT2D eigenvalue weighted by atomic mass is 32.2. The van der Waals surface area contributed by atoms with Crippen LogP contribution in [-0.2, 0) is 27.5 Å². The van der Waals surface area contributed by atoms with Crippen molar-refractivity contribution in [3.8, 4) is 0 Å². The van der Waals surface area contributed by atoms with Gasteiger partial charge in [-0.2, -0.15) is 0 Å². The minimum Gasteiger partial charge on any atom is -0.444 e. The number of benzene rings is 1. The van der Waals surface area contributed by atoms with Crippen LogP contribution in [0.4, 0.5) is 10.5 Å². The Labute approximate surface area is 196 Å². The van der Waals surface area contributed by atoms with Crippen molar-refractivity contribution in [1.82, 2.24) is 9.88 Å². The number of likely N-dealkylation sites (tertiary alicyclic amines) is 1. The van der Waals surface area contributed by atoms with Gasteiger partial charge in [-0.25, -0.2) is 13.2 Å². The maximum absolute atomic E-state index is 12.3. The van der Waals surface area contributed by atoms with Crippen LogP contribution in [-0.4, -0.2) is 55.9 Å². The molecule has 0 radical (unpaired) electrons. The van der Waals surface area contributed by atoms with E-state index in [0.29, 0.717) is 30.4 Å². The number of ether oxygens (including phenoxy) is 1. The van der Waals surface area contributed by atoms with Gasteiger partial charge in [-0.15, -0.1) is 0 Å². The number of piperidine rings is 1. The van der Waals surface area contributed by atoms with Crippen molar-refractivity contribution in [2.45, 2.75) is 63.0 Å². The summed E-state index contributed by atoms with van der Waals surface area (Å²) >= 11 is 0. The largest absolute Gasteiger partial charge is 0.444 e. The van der Waals surface area contributed by atoms with E-state index < -0.39 is 15.4 Å². The van der Waals surface area contributed by atoms with Crippen molar-refractivity contribution in [2.75, 3.05) is 30.8 Å². The lowest BCUT2D eigenvalue weighted by atomic mass is 9.90. The lowest BCUT2D eigenvalue weighted by Gasteiger charge is -2.33. The normalized spacial score (nSPS) is 17.2. The van der Waals surface area contributed by atoms with E-state index in [-0.39, 0.29) is 6.09 Å². The fourth-order valence-corrected chi connectivity index (χ4v) is 5.20. The van der Waals surface area contributed by atoms with Gasteiger partial charge in [0.15, 0.2) is 9.84 Å². The van der Waals surface area contributed by atoms with Gasteiger partial charge < -0.3 is 14.5 Å². The summed E-state index contributed by atoms with van der Waals surface area (Å²) in [5, 5.41) is 0. The lowest BCUT2D eigenvalue weighted by Crippen LogP contribution is -2.41. The van der Waals surface area contributed by atoms with Crippen LogP contribution in [0.1, 0.15) is 56.4 Å². The number of carbonyl (C=O) groups is 1. The van der Waals surface area contributed by atoms with Gasteiger partial charge in [0, 0.05) is 37.8 Å². The number of carbonyl (C=O) groups excluding carboxylic acids is 1. The summed E-state index contributed by atoms with van der Waals surface area (Å²) in [4.78, 5) is 21.4. The van der Waals surface area contributed by atoms with E-state index >= 15 is 0 Å². The lowest BCUT2D eigenvalue weighted by molar-refractivity contribution is 0.0205. The topological polar surface area (TPSA) is 79.8 Å². The van der Waals surface area contributed by atoms with Crippen LogP contribution in [0.15, 0.2) is 41.4 Å². The molecule has 3 heterocycles. The fourth-order valence-electron chi connectivity index (χ4n) is 4.53. The molecule has 33 heavy (non-hydrogen) atoms. The number of nitrogens with zero attached hydrogens (tertiary/aromatic N) is 3. The first-order chi connectivity index (χ1) is 15.5. The van der Waals surface area contributed by atoms with E-state index in [1.54, 1.807) is 17.0 Å². The number of anilines is 1. The number of pyridine rings is 1. The smallest absolute Gasteiger partial charge is 0.410 e. The monoisotopic (exact) mass is 471 g/mol. The van der Waals surface area contributed by atoms with Gasteiger partial charge in [0.2, 0.25) is 0 Å². The van der Waals surface area contributed by atoms with E-state index in [9.17, 15) is 13.2 Å². The summed E-state index contributed by atoms with van der Waals surface area (Å²) in [6.45, 7) is 8.61. The summed E-state index contributed by atoms with van der Waals surface area (Å²) in [6.07, 6.45) is 5.63. The Bertz CT molecular complexity index is 1120. The molecule has 0 atom stereocenters. The molecule has 1 amide bonds. The quantitative estimate of drug-likeness (QED) is 0.666. The van der Waals surface area contributed by atoms with Crippen LogP contribution in [0, 0.1) is 0 Å². The predicted octanol–water partition coefficient (Wildman–Crippen LogP) is 4.16. The second-order valence-corrected chi connectivity index (χ2v) is 12.1. The van der Waals surface area contributed by atoms with Gasteiger partial charge in [0.1, 0.15) is 5.60 Å². The molecule has 0 spiro atoms. The Morgan fingerprint density at radius 2 is 1.85 bits per heavy atom. The van der Waals surface area contributed by atoms with Gasteiger partial charge in [0.25, 0.3) is 0 Å². The Morgan fingerprint density at radius 3 is 2.45 bits per heavy atom. The molecule has 0 N–H and O–H groups in total. The molecule has 1 aromatic carbocycles. The Morgan fingerprint density at radius 1 is 1.12 bits per heavy atom. The maximum Gasteiger partial charge on any atom is 0.410 e. The molecule has 0 saturated carbocycles. The van der Waals surface area contributed by atoms with Crippen molar-refractivity contribution in [2.24, 2.45) is 0 Å². The molecule has 2 aliphatic rings. The molecule has 0 bridgehead atoms. The molecule has 0 unspecified atom stereocenters. The molecule has 4 rings (SSSR count). The standard InChI is InChI=1S/C25H33N3O4S/c1-25(2,3)32-24(29)27-12-9-18(10-13-27)20-5-6-21(26-16-20)17-28-14-11-19-15-22(33(4,30)31)7-8-23(19)28/h5-8,15-16,18H,9-14,17H2,1-4H3. The Kier molecular flexibility index (Phi) is 6.40. The molecule has 2 aliphatic heterocycles. The highest BCUT2D eigenvalue weighted by molar-refractivity contribution is 7.90. The zero-order valence-electron chi connectivity index (χ0n) is 19.9. The second-order valence-electron chi connectivity index (χ2n) is 10.1. The van der Waals surface area contributed by atoms with Crippen molar-refractivity contribution < 1.29 is 17.9 Å². The molecule has 1 fully saturated rings. The van der Waals surface area contributed by atoms with Crippen LogP contribution in [0.2, 0.25) is 0 Å². The van der Waals surface area contributed by atoms with E-state index in [0.717, 1.165) is 42.8 Å². The van der Waals surface area contributed by atoms with Gasteiger partial charge in [0.05, 0.1) is 17.1 Å². The number of sulfone groups is 1. The molecule has 178 valence electrons. The van der Waals surface area contributed by atoms with Gasteiger partial charge in [-0.3, -0.25) is 4.98 Å². The molecule has 1 saturated heterocycles. The molecule has 2 aromatic rings. The zero-order valence-corrected chi connectivity index (χ0v) is 20.7. The summed E-state index contributed by atoms with van der Waals surface area (Å²) in [5.41, 5.74) is 3.89. The predicted molar refractivity (Wildman–Crippen MR) is 128 cm³/mol. The average molecular weight is 472 g/mol. The van der Waals surface area contributed by atoms with Crippen molar-refractivity contribution in [3.05, 3.63) is 53.3 Å². The summed E-state index contributed by atoms with van der Waals surface area (Å²) < 4.78 is 29.1. The Hall–Kier alpha value is -2.61. The highest BCUT2D eigenvalue weighted by Gasteiger charge is 2.28. The van der Waals surface area contributed by atoms with Crippen molar-refractivity contribution in [3.63, 3.8) is 0 Å². The van der Waals surface area contributed by atoms with E-state index in [1.165, 1.54) is 11.8 Å². The number of fused-ring (bicyclic) bond motifs is 1. The van der Waals surface area contributed by atoms with Crippen molar-refractivity contribution in [1.29, 1.82) is 0 Å². The number of aromatic nitrogens is 1. The summed E-state index contributed by atoms with van der Waals surface area (Å²) in [7, 11) is -3.19. The third kappa shape index (κ3) is 5.66. The summed E-state index contributed by atoms with van der Waals surface area (Å²) in [5.74, 6) is 0.396. The third-order valence-corrected chi connectivity index (χ3v) is 7.40. The number of hydrogen-bond acceptors (Lipinski definition) is 6. The number of amides is 1. The minimum absolute atomic E-state index is 0.232.